The summed E-state index contributed by atoms with van der Waals surface area (Å²) in [6, 6.07) is 6.74. The number of anilines is 2. The van der Waals surface area contributed by atoms with Crippen LogP contribution in [0.15, 0.2) is 36.5 Å². The Morgan fingerprint density at radius 3 is 2.61 bits per heavy atom. The quantitative estimate of drug-likeness (QED) is 0.439. The van der Waals surface area contributed by atoms with Crippen LogP contribution in [0.25, 0.3) is 0 Å². The fourth-order valence-corrected chi connectivity index (χ4v) is 2.96. The van der Waals surface area contributed by atoms with Gasteiger partial charge in [-0.15, -0.1) is 0 Å². The third-order valence-electron chi connectivity index (χ3n) is 4.23. The first kappa shape index (κ1) is 24.4. The predicted molar refractivity (Wildman–Crippen MR) is 119 cm³/mol. The number of hydrogen-bond donors (Lipinski definition) is 2. The number of ether oxygens (including phenoxy) is 1. The second kappa shape index (κ2) is 10.9. The van der Waals surface area contributed by atoms with Crippen molar-refractivity contribution in [2.24, 2.45) is 0 Å². The van der Waals surface area contributed by atoms with Gasteiger partial charge in [-0.1, -0.05) is 19.8 Å². The molecule has 1 aromatic heterocycles. The molecule has 2 rings (SSSR count). The van der Waals surface area contributed by atoms with Crippen LogP contribution in [0.5, 0.6) is 5.75 Å². The molecule has 0 saturated carbocycles. The summed E-state index contributed by atoms with van der Waals surface area (Å²) in [5.74, 6) is -0.331. The van der Waals surface area contributed by atoms with E-state index < -0.39 is 17.6 Å². The first-order chi connectivity index (χ1) is 14.6. The fourth-order valence-electron chi connectivity index (χ4n) is 2.75. The molecule has 10 heteroatoms. The Balaban J connectivity index is 2.11. The van der Waals surface area contributed by atoms with E-state index in [4.69, 9.17) is 17.0 Å². The van der Waals surface area contributed by atoms with E-state index in [0.717, 1.165) is 18.9 Å². The second-order valence-corrected chi connectivity index (χ2v) is 7.35. The molecule has 0 radical (unpaired) electrons. The number of unbranched alkanes of at least 4 members (excludes halogenated alkanes) is 2. The highest BCUT2D eigenvalue weighted by Gasteiger charge is 2.34. The van der Waals surface area contributed by atoms with Crippen molar-refractivity contribution in [3.05, 3.63) is 47.7 Å². The van der Waals surface area contributed by atoms with Gasteiger partial charge < -0.3 is 15.0 Å². The number of benzene rings is 1. The van der Waals surface area contributed by atoms with Gasteiger partial charge in [0.05, 0.1) is 17.7 Å². The zero-order valence-electron chi connectivity index (χ0n) is 17.5. The molecule has 0 aliphatic rings. The number of nitrogens with zero attached hydrogens (tertiary/aromatic N) is 2. The minimum absolute atomic E-state index is 0.0811. The number of alkyl halides is 3. The standard InChI is InChI=1S/C21H25F3N4O2S/c1-4-5-6-12-30-17-10-9-14(13-16(17)21(22,23)24)26-20(31)27-19(29)15-8-7-11-25-18(15)28(2)3/h7-11,13H,4-6,12H2,1-3H3,(H2,26,27,29,31). The van der Waals surface area contributed by atoms with Crippen LogP contribution < -0.4 is 20.3 Å². The lowest BCUT2D eigenvalue weighted by atomic mass is 10.1. The average molecular weight is 455 g/mol. The Morgan fingerprint density at radius 2 is 1.97 bits per heavy atom. The molecule has 0 unspecified atom stereocenters. The third kappa shape index (κ3) is 7.09. The molecule has 0 aliphatic carbocycles. The Morgan fingerprint density at radius 1 is 1.23 bits per heavy atom. The summed E-state index contributed by atoms with van der Waals surface area (Å²) < 4.78 is 45.7. The van der Waals surface area contributed by atoms with E-state index in [1.165, 1.54) is 12.1 Å². The number of hydrogen-bond acceptors (Lipinski definition) is 5. The fraction of sp³-hybridized carbons (Fsp3) is 0.381. The van der Waals surface area contributed by atoms with Gasteiger partial charge in [0, 0.05) is 26.0 Å². The molecule has 0 atom stereocenters. The molecule has 0 spiro atoms. The molecule has 6 nitrogen and oxygen atoms in total. The summed E-state index contributed by atoms with van der Waals surface area (Å²) in [5.41, 5.74) is -0.550. The highest BCUT2D eigenvalue weighted by atomic mass is 32.1. The first-order valence-electron chi connectivity index (χ1n) is 9.72. The summed E-state index contributed by atoms with van der Waals surface area (Å²) in [6.45, 7) is 2.20. The maximum absolute atomic E-state index is 13.5. The molecule has 1 aromatic carbocycles. The van der Waals surface area contributed by atoms with Crippen molar-refractivity contribution in [3.8, 4) is 5.75 Å². The Bertz CT molecular complexity index is 920. The smallest absolute Gasteiger partial charge is 0.420 e. The summed E-state index contributed by atoms with van der Waals surface area (Å²) in [5, 5.41) is 4.94. The molecule has 2 aromatic rings. The number of nitrogens with one attached hydrogen (secondary N) is 2. The van der Waals surface area contributed by atoms with Crippen LogP contribution in [0.1, 0.15) is 42.1 Å². The molecule has 31 heavy (non-hydrogen) atoms. The molecule has 168 valence electrons. The molecule has 1 heterocycles. The van der Waals surface area contributed by atoms with Crippen molar-refractivity contribution in [2.45, 2.75) is 32.4 Å². The van der Waals surface area contributed by atoms with Crippen molar-refractivity contribution in [3.63, 3.8) is 0 Å². The zero-order chi connectivity index (χ0) is 23.0. The highest BCUT2D eigenvalue weighted by molar-refractivity contribution is 7.80. The van der Waals surface area contributed by atoms with Gasteiger partial charge in [-0.05, 0) is 49.0 Å². The Hall–Kier alpha value is -2.88. The van der Waals surface area contributed by atoms with E-state index in [9.17, 15) is 18.0 Å². The molecular weight excluding hydrogens is 429 g/mol. The van der Waals surface area contributed by atoms with Gasteiger partial charge in [-0.25, -0.2) is 4.98 Å². The van der Waals surface area contributed by atoms with Crippen LogP contribution in [0.2, 0.25) is 0 Å². The zero-order valence-corrected chi connectivity index (χ0v) is 18.4. The monoisotopic (exact) mass is 454 g/mol. The molecular formula is C21H25F3N4O2S. The minimum atomic E-state index is -4.60. The summed E-state index contributed by atoms with van der Waals surface area (Å²) in [6.07, 6.45) is -0.558. The molecule has 0 saturated heterocycles. The maximum Gasteiger partial charge on any atom is 0.420 e. The number of carbonyl (C=O) groups is 1. The van der Waals surface area contributed by atoms with Crippen LogP contribution in [0.3, 0.4) is 0 Å². The lowest BCUT2D eigenvalue weighted by molar-refractivity contribution is -0.138. The van der Waals surface area contributed by atoms with E-state index in [1.54, 1.807) is 37.3 Å². The number of rotatable bonds is 8. The van der Waals surface area contributed by atoms with Crippen LogP contribution in [0, 0.1) is 0 Å². The van der Waals surface area contributed by atoms with Crippen molar-refractivity contribution in [1.82, 2.24) is 10.3 Å². The van der Waals surface area contributed by atoms with Crippen LogP contribution in [-0.2, 0) is 6.18 Å². The van der Waals surface area contributed by atoms with Gasteiger partial charge in [-0.2, -0.15) is 13.2 Å². The SMILES string of the molecule is CCCCCOc1ccc(NC(=S)NC(=O)c2cccnc2N(C)C)cc1C(F)(F)F. The highest BCUT2D eigenvalue weighted by Crippen LogP contribution is 2.38. The number of thiocarbonyl (C=S) groups is 1. The third-order valence-corrected chi connectivity index (χ3v) is 4.43. The molecule has 0 fully saturated rings. The summed E-state index contributed by atoms with van der Waals surface area (Å²) in [7, 11) is 3.47. The van der Waals surface area contributed by atoms with Crippen LogP contribution >= 0.6 is 12.2 Å². The lowest BCUT2D eigenvalue weighted by Gasteiger charge is -2.17. The number of aromatic nitrogens is 1. The van der Waals surface area contributed by atoms with Gasteiger partial charge in [-0.3, -0.25) is 10.1 Å². The molecule has 1 amide bonds. The summed E-state index contributed by atoms with van der Waals surface area (Å²) >= 11 is 5.10. The Labute approximate surface area is 184 Å². The number of pyridine rings is 1. The Kier molecular flexibility index (Phi) is 8.61. The van der Waals surface area contributed by atoms with Gasteiger partial charge in [0.1, 0.15) is 11.6 Å². The second-order valence-electron chi connectivity index (χ2n) is 6.94. The van der Waals surface area contributed by atoms with Crippen molar-refractivity contribution >= 4 is 34.7 Å². The van der Waals surface area contributed by atoms with Crippen LogP contribution in [-0.4, -0.2) is 36.7 Å². The average Bonchev–Trinajstić information content (AvgIpc) is 2.71. The topological polar surface area (TPSA) is 66.5 Å². The number of halogens is 3. The maximum atomic E-state index is 13.5. The number of carbonyl (C=O) groups excluding carboxylic acids is 1. The van der Waals surface area contributed by atoms with Gasteiger partial charge in [0.2, 0.25) is 0 Å². The largest absolute Gasteiger partial charge is 0.493 e. The normalized spacial score (nSPS) is 11.0. The predicted octanol–water partition coefficient (Wildman–Crippen LogP) is 4.86. The van der Waals surface area contributed by atoms with Crippen molar-refractivity contribution in [2.75, 3.05) is 30.9 Å². The molecule has 0 aliphatic heterocycles. The number of amides is 1. The van der Waals surface area contributed by atoms with Gasteiger partial charge in [0.15, 0.2) is 5.11 Å². The lowest BCUT2D eigenvalue weighted by Crippen LogP contribution is -2.35. The van der Waals surface area contributed by atoms with Crippen LogP contribution in [0.4, 0.5) is 24.7 Å². The van der Waals surface area contributed by atoms with E-state index >= 15 is 0 Å². The van der Waals surface area contributed by atoms with E-state index in [2.05, 4.69) is 15.6 Å². The van der Waals surface area contributed by atoms with E-state index in [1.807, 2.05) is 6.92 Å². The molecule has 0 bridgehead atoms. The summed E-state index contributed by atoms with van der Waals surface area (Å²) in [4.78, 5) is 18.3. The molecule has 2 N–H and O–H groups in total. The van der Waals surface area contributed by atoms with E-state index in [-0.39, 0.29) is 28.7 Å². The van der Waals surface area contributed by atoms with Gasteiger partial charge >= 0.3 is 6.18 Å². The minimum Gasteiger partial charge on any atom is -0.493 e. The van der Waals surface area contributed by atoms with E-state index in [0.29, 0.717) is 12.2 Å². The first-order valence-corrected chi connectivity index (χ1v) is 10.1. The van der Waals surface area contributed by atoms with Crippen molar-refractivity contribution in [1.29, 1.82) is 0 Å². The van der Waals surface area contributed by atoms with Gasteiger partial charge in [0.25, 0.3) is 5.91 Å². The van der Waals surface area contributed by atoms with Crippen molar-refractivity contribution < 1.29 is 22.7 Å².